The molecule has 1 aliphatic rings. The first kappa shape index (κ1) is 21.1. The average molecular weight is 407 g/mol. The SMILES string of the molecule is CCOC(=O)CSC1=C(C#N)[C@H](c2cccs2)C(C(=O)OC(C)(C)C)=CN1. The van der Waals surface area contributed by atoms with Crippen molar-refractivity contribution in [2.24, 2.45) is 0 Å². The van der Waals surface area contributed by atoms with E-state index in [0.29, 0.717) is 22.8 Å². The first-order valence-electron chi connectivity index (χ1n) is 8.42. The van der Waals surface area contributed by atoms with Gasteiger partial charge in [0.25, 0.3) is 0 Å². The summed E-state index contributed by atoms with van der Waals surface area (Å²) >= 11 is 2.65. The molecule has 2 heterocycles. The van der Waals surface area contributed by atoms with E-state index in [2.05, 4.69) is 11.4 Å². The van der Waals surface area contributed by atoms with Crippen LogP contribution in [0.1, 0.15) is 38.5 Å². The van der Waals surface area contributed by atoms with Crippen molar-refractivity contribution in [3.8, 4) is 6.07 Å². The van der Waals surface area contributed by atoms with Crippen LogP contribution in [-0.4, -0.2) is 29.9 Å². The van der Waals surface area contributed by atoms with Gasteiger partial charge in [0, 0.05) is 11.1 Å². The number of dihydropyridines is 1. The van der Waals surface area contributed by atoms with Crippen LogP contribution in [0.5, 0.6) is 0 Å². The number of nitriles is 1. The van der Waals surface area contributed by atoms with E-state index in [1.807, 2.05) is 17.5 Å². The fraction of sp³-hybridized carbons (Fsp3) is 0.421. The molecule has 8 heteroatoms. The summed E-state index contributed by atoms with van der Waals surface area (Å²) in [7, 11) is 0. The van der Waals surface area contributed by atoms with Crippen LogP contribution >= 0.6 is 23.1 Å². The molecular formula is C19H22N2O4S2. The number of thiophene rings is 1. The molecule has 1 aromatic heterocycles. The third kappa shape index (κ3) is 5.62. The fourth-order valence-corrected chi connectivity index (χ4v) is 4.08. The van der Waals surface area contributed by atoms with Gasteiger partial charge in [0.2, 0.25) is 0 Å². The molecule has 2 rings (SSSR count). The molecule has 1 aromatic rings. The first-order chi connectivity index (χ1) is 12.8. The lowest BCUT2D eigenvalue weighted by atomic mass is 9.89. The predicted molar refractivity (Wildman–Crippen MR) is 106 cm³/mol. The highest BCUT2D eigenvalue weighted by Gasteiger charge is 2.35. The molecule has 0 bridgehead atoms. The molecule has 0 saturated heterocycles. The maximum absolute atomic E-state index is 12.7. The number of allylic oxidation sites excluding steroid dienone is 1. The molecule has 0 aromatic carbocycles. The largest absolute Gasteiger partial charge is 0.465 e. The van der Waals surface area contributed by atoms with Crippen molar-refractivity contribution in [1.29, 1.82) is 5.26 Å². The van der Waals surface area contributed by atoms with Gasteiger partial charge in [0.15, 0.2) is 0 Å². The Bertz CT molecular complexity index is 799. The summed E-state index contributed by atoms with van der Waals surface area (Å²) in [5, 5.41) is 15.2. The van der Waals surface area contributed by atoms with Crippen molar-refractivity contribution in [2.45, 2.75) is 39.2 Å². The van der Waals surface area contributed by atoms with Crippen LogP contribution < -0.4 is 5.32 Å². The first-order valence-corrected chi connectivity index (χ1v) is 10.3. The van der Waals surface area contributed by atoms with Crippen LogP contribution in [0.3, 0.4) is 0 Å². The number of nitrogens with one attached hydrogen (secondary N) is 1. The van der Waals surface area contributed by atoms with Crippen LogP contribution in [0.15, 0.2) is 39.9 Å². The molecule has 0 saturated carbocycles. The Labute approximate surface area is 167 Å². The third-order valence-corrected chi connectivity index (χ3v) is 5.37. The van der Waals surface area contributed by atoms with E-state index in [1.165, 1.54) is 23.1 Å². The van der Waals surface area contributed by atoms with Gasteiger partial charge in [-0.05, 0) is 39.1 Å². The zero-order chi connectivity index (χ0) is 20.0. The summed E-state index contributed by atoms with van der Waals surface area (Å²) in [4.78, 5) is 25.2. The number of carbonyl (C=O) groups is 2. The Hall–Kier alpha value is -2.24. The van der Waals surface area contributed by atoms with Gasteiger partial charge < -0.3 is 14.8 Å². The van der Waals surface area contributed by atoms with Crippen molar-refractivity contribution < 1.29 is 19.1 Å². The van der Waals surface area contributed by atoms with Crippen molar-refractivity contribution in [2.75, 3.05) is 12.4 Å². The zero-order valence-corrected chi connectivity index (χ0v) is 17.3. The molecule has 0 amide bonds. The van der Waals surface area contributed by atoms with Crippen LogP contribution in [-0.2, 0) is 19.1 Å². The summed E-state index contributed by atoms with van der Waals surface area (Å²) in [6, 6.07) is 5.95. The summed E-state index contributed by atoms with van der Waals surface area (Å²) in [5.74, 6) is -1.29. The van der Waals surface area contributed by atoms with E-state index in [9.17, 15) is 14.9 Å². The standard InChI is InChI=1S/C19H22N2O4S2/c1-5-24-15(22)11-27-17-12(9-20)16(14-7-6-8-26-14)13(10-21-17)18(23)25-19(2,3)4/h6-8,10,16,21H,5,11H2,1-4H3/t16-/m0/s1. The lowest BCUT2D eigenvalue weighted by molar-refractivity contribution is -0.150. The highest BCUT2D eigenvalue weighted by molar-refractivity contribution is 8.03. The number of rotatable bonds is 6. The van der Waals surface area contributed by atoms with Crippen molar-refractivity contribution >= 4 is 35.0 Å². The molecule has 0 spiro atoms. The Morgan fingerprint density at radius 1 is 1.41 bits per heavy atom. The highest BCUT2D eigenvalue weighted by Crippen LogP contribution is 2.40. The zero-order valence-electron chi connectivity index (χ0n) is 15.7. The number of ether oxygens (including phenoxy) is 2. The quantitative estimate of drug-likeness (QED) is 0.721. The van der Waals surface area contributed by atoms with E-state index >= 15 is 0 Å². The number of hydrogen-bond acceptors (Lipinski definition) is 8. The van der Waals surface area contributed by atoms with Gasteiger partial charge in [-0.1, -0.05) is 17.8 Å². The second-order valence-electron chi connectivity index (χ2n) is 6.64. The van der Waals surface area contributed by atoms with E-state index in [1.54, 1.807) is 33.9 Å². The van der Waals surface area contributed by atoms with Crippen molar-refractivity contribution in [1.82, 2.24) is 5.32 Å². The van der Waals surface area contributed by atoms with Crippen LogP contribution in [0.4, 0.5) is 0 Å². The van der Waals surface area contributed by atoms with Gasteiger partial charge >= 0.3 is 11.9 Å². The van der Waals surface area contributed by atoms with Crippen LogP contribution in [0, 0.1) is 11.3 Å². The van der Waals surface area contributed by atoms with Gasteiger partial charge in [0.05, 0.1) is 40.5 Å². The summed E-state index contributed by atoms with van der Waals surface area (Å²) in [5.41, 5.74) is 0.104. The molecule has 0 aliphatic carbocycles. The molecule has 1 N–H and O–H groups in total. The van der Waals surface area contributed by atoms with E-state index in [4.69, 9.17) is 9.47 Å². The number of thioether (sulfide) groups is 1. The Morgan fingerprint density at radius 3 is 2.70 bits per heavy atom. The second kappa shape index (κ2) is 9.11. The summed E-state index contributed by atoms with van der Waals surface area (Å²) in [6.45, 7) is 7.43. The smallest absolute Gasteiger partial charge is 0.337 e. The molecule has 144 valence electrons. The molecule has 0 fully saturated rings. The number of esters is 2. The number of hydrogen-bond donors (Lipinski definition) is 1. The molecular weight excluding hydrogens is 384 g/mol. The maximum atomic E-state index is 12.7. The molecule has 6 nitrogen and oxygen atoms in total. The van der Waals surface area contributed by atoms with E-state index in [-0.39, 0.29) is 11.7 Å². The van der Waals surface area contributed by atoms with Gasteiger partial charge in [-0.25, -0.2) is 4.79 Å². The summed E-state index contributed by atoms with van der Waals surface area (Å²) in [6.07, 6.45) is 1.56. The third-order valence-electron chi connectivity index (χ3n) is 3.43. The van der Waals surface area contributed by atoms with E-state index < -0.39 is 17.5 Å². The van der Waals surface area contributed by atoms with Crippen molar-refractivity contribution in [3.63, 3.8) is 0 Å². The second-order valence-corrected chi connectivity index (χ2v) is 8.61. The maximum Gasteiger partial charge on any atom is 0.337 e. The lowest BCUT2D eigenvalue weighted by Crippen LogP contribution is -2.30. The number of nitrogens with zero attached hydrogens (tertiary/aromatic N) is 1. The van der Waals surface area contributed by atoms with Crippen LogP contribution in [0.25, 0.3) is 0 Å². The van der Waals surface area contributed by atoms with E-state index in [0.717, 1.165) is 4.88 Å². The Morgan fingerprint density at radius 2 is 2.15 bits per heavy atom. The normalized spacial score (nSPS) is 16.9. The topological polar surface area (TPSA) is 88.4 Å². The molecule has 27 heavy (non-hydrogen) atoms. The summed E-state index contributed by atoms with van der Waals surface area (Å²) < 4.78 is 10.4. The fourth-order valence-electron chi connectivity index (χ4n) is 2.42. The van der Waals surface area contributed by atoms with Gasteiger partial charge in [0.1, 0.15) is 5.60 Å². The Balaban J connectivity index is 2.34. The Kier molecular flexibility index (Phi) is 7.11. The number of carbonyl (C=O) groups excluding carboxylic acids is 2. The van der Waals surface area contributed by atoms with Gasteiger partial charge in [-0.2, -0.15) is 5.26 Å². The van der Waals surface area contributed by atoms with Gasteiger partial charge in [-0.3, -0.25) is 4.79 Å². The lowest BCUT2D eigenvalue weighted by Gasteiger charge is -2.27. The minimum atomic E-state index is -0.645. The molecule has 0 unspecified atom stereocenters. The minimum Gasteiger partial charge on any atom is -0.465 e. The van der Waals surface area contributed by atoms with Gasteiger partial charge in [-0.15, -0.1) is 11.3 Å². The molecule has 1 atom stereocenters. The minimum absolute atomic E-state index is 0.0775. The molecule has 0 radical (unpaired) electrons. The average Bonchev–Trinajstić information content (AvgIpc) is 3.12. The monoisotopic (exact) mass is 406 g/mol. The highest BCUT2D eigenvalue weighted by atomic mass is 32.2. The predicted octanol–water partition coefficient (Wildman–Crippen LogP) is 3.69. The van der Waals surface area contributed by atoms with Crippen molar-refractivity contribution in [3.05, 3.63) is 44.8 Å². The van der Waals surface area contributed by atoms with Crippen LogP contribution in [0.2, 0.25) is 0 Å². The molecule has 1 aliphatic heterocycles.